The predicted molar refractivity (Wildman–Crippen MR) is 117 cm³/mol. The van der Waals surface area contributed by atoms with Crippen LogP contribution in [0.15, 0.2) is 35.4 Å². The Balaban J connectivity index is 2.14. The number of nitrogens with one attached hydrogen (secondary N) is 1. The molecule has 0 bridgehead atoms. The molecule has 0 heterocycles. The number of methoxy groups -OCH3 is 1. The summed E-state index contributed by atoms with van der Waals surface area (Å²) in [6.07, 6.45) is 1.40. The molecule has 0 saturated heterocycles. The molecular weight excluding hydrogens is 426 g/mol. The molecule has 9 nitrogen and oxygen atoms in total. The van der Waals surface area contributed by atoms with Crippen molar-refractivity contribution in [3.8, 4) is 23.0 Å². The van der Waals surface area contributed by atoms with Crippen LogP contribution in [0.5, 0.6) is 23.0 Å². The highest BCUT2D eigenvalue weighted by Gasteiger charge is 2.14. The second-order valence-electron chi connectivity index (χ2n) is 6.02. The van der Waals surface area contributed by atoms with Crippen LogP contribution >= 0.6 is 11.6 Å². The van der Waals surface area contributed by atoms with Crippen LogP contribution in [0, 0.1) is 0 Å². The Morgan fingerprint density at radius 1 is 1.06 bits per heavy atom. The lowest BCUT2D eigenvalue weighted by molar-refractivity contribution is -0.119. The number of amides is 2. The van der Waals surface area contributed by atoms with Crippen LogP contribution in [0.3, 0.4) is 0 Å². The molecule has 3 N–H and O–H groups in total. The minimum atomic E-state index is -0.641. The van der Waals surface area contributed by atoms with E-state index in [2.05, 4.69) is 10.5 Å². The van der Waals surface area contributed by atoms with E-state index in [1.807, 2.05) is 6.92 Å². The Morgan fingerprint density at radius 2 is 1.77 bits per heavy atom. The summed E-state index contributed by atoms with van der Waals surface area (Å²) in [6, 6.07) is 7.98. The summed E-state index contributed by atoms with van der Waals surface area (Å²) in [5.41, 5.74) is 8.43. The van der Waals surface area contributed by atoms with Crippen molar-refractivity contribution in [1.29, 1.82) is 0 Å². The number of carbonyl (C=O) groups excluding carboxylic acids is 2. The Kier molecular flexibility index (Phi) is 8.95. The molecule has 0 aromatic heterocycles. The van der Waals surface area contributed by atoms with Gasteiger partial charge in [0.05, 0.1) is 31.6 Å². The summed E-state index contributed by atoms with van der Waals surface area (Å²) in [5.74, 6) is 0.429. The minimum Gasteiger partial charge on any atom is -0.493 e. The number of rotatable bonds is 11. The first kappa shape index (κ1) is 23.8. The van der Waals surface area contributed by atoms with E-state index in [1.165, 1.54) is 13.3 Å². The largest absolute Gasteiger partial charge is 0.493 e. The second-order valence-corrected chi connectivity index (χ2v) is 6.42. The van der Waals surface area contributed by atoms with Gasteiger partial charge in [-0.25, -0.2) is 5.43 Å². The molecule has 0 spiro atoms. The minimum absolute atomic E-state index is 0.199. The molecule has 0 aliphatic rings. The maximum atomic E-state index is 12.4. The normalized spacial score (nSPS) is 10.6. The lowest BCUT2D eigenvalue weighted by Gasteiger charge is -2.13. The molecule has 10 heteroatoms. The highest BCUT2D eigenvalue weighted by atomic mass is 35.5. The van der Waals surface area contributed by atoms with Gasteiger partial charge in [0.25, 0.3) is 11.8 Å². The topological polar surface area (TPSA) is 121 Å². The van der Waals surface area contributed by atoms with Crippen LogP contribution in [0.25, 0.3) is 0 Å². The van der Waals surface area contributed by atoms with E-state index in [0.29, 0.717) is 41.6 Å². The molecule has 31 heavy (non-hydrogen) atoms. The number of hydrogen-bond acceptors (Lipinski definition) is 7. The van der Waals surface area contributed by atoms with Crippen molar-refractivity contribution in [3.63, 3.8) is 0 Å². The Bertz CT molecular complexity index is 964. The van der Waals surface area contributed by atoms with Gasteiger partial charge in [-0.1, -0.05) is 11.6 Å². The van der Waals surface area contributed by atoms with Gasteiger partial charge in [0, 0.05) is 5.56 Å². The average Bonchev–Trinajstić information content (AvgIpc) is 2.73. The smallest absolute Gasteiger partial charge is 0.271 e. The summed E-state index contributed by atoms with van der Waals surface area (Å²) in [4.78, 5) is 23.3. The zero-order chi connectivity index (χ0) is 22.8. The molecule has 2 aromatic rings. The molecular formula is C21H24ClN3O6. The number of hydrazone groups is 1. The van der Waals surface area contributed by atoms with E-state index in [-0.39, 0.29) is 17.4 Å². The molecule has 2 rings (SSSR count). The van der Waals surface area contributed by atoms with Crippen molar-refractivity contribution in [1.82, 2.24) is 5.43 Å². The summed E-state index contributed by atoms with van der Waals surface area (Å²) in [6.45, 7) is 4.13. The fourth-order valence-electron chi connectivity index (χ4n) is 2.52. The number of carbonyl (C=O) groups is 2. The molecule has 2 amide bonds. The zero-order valence-corrected chi connectivity index (χ0v) is 18.2. The van der Waals surface area contributed by atoms with Crippen molar-refractivity contribution in [3.05, 3.63) is 46.5 Å². The number of ether oxygens (including phenoxy) is 4. The first-order valence-corrected chi connectivity index (χ1v) is 9.79. The fourth-order valence-corrected chi connectivity index (χ4v) is 2.80. The first-order valence-electron chi connectivity index (χ1n) is 9.41. The number of nitrogens with two attached hydrogens (primary N) is 1. The van der Waals surface area contributed by atoms with Gasteiger partial charge >= 0.3 is 0 Å². The van der Waals surface area contributed by atoms with Gasteiger partial charge in [-0.15, -0.1) is 0 Å². The van der Waals surface area contributed by atoms with Crippen LogP contribution < -0.4 is 30.1 Å². The van der Waals surface area contributed by atoms with Crippen molar-refractivity contribution < 1.29 is 28.5 Å². The van der Waals surface area contributed by atoms with Crippen LogP contribution in [0.1, 0.15) is 29.8 Å². The number of primary amides is 1. The van der Waals surface area contributed by atoms with Gasteiger partial charge in [0.15, 0.2) is 29.6 Å². The van der Waals surface area contributed by atoms with Gasteiger partial charge < -0.3 is 24.7 Å². The van der Waals surface area contributed by atoms with Crippen LogP contribution in [0.4, 0.5) is 0 Å². The molecule has 0 aliphatic carbocycles. The van der Waals surface area contributed by atoms with Crippen LogP contribution in [0.2, 0.25) is 5.02 Å². The van der Waals surface area contributed by atoms with Crippen molar-refractivity contribution in [2.75, 3.05) is 26.9 Å². The fraction of sp³-hybridized carbons (Fsp3) is 0.286. The molecule has 0 unspecified atom stereocenters. The quantitative estimate of drug-likeness (QED) is 0.402. The van der Waals surface area contributed by atoms with Gasteiger partial charge in [-0.2, -0.15) is 5.10 Å². The van der Waals surface area contributed by atoms with Crippen LogP contribution in [-0.2, 0) is 4.79 Å². The Labute approximate surface area is 185 Å². The van der Waals surface area contributed by atoms with Crippen LogP contribution in [-0.4, -0.2) is 45.0 Å². The average molecular weight is 450 g/mol. The summed E-state index contributed by atoms with van der Waals surface area (Å²) in [7, 11) is 1.49. The SMILES string of the molecule is CCOc1ccc(C(=O)N/N=C/c2cc(Cl)c(OCC(N)=O)c(OCC)c2)cc1OC. The highest BCUT2D eigenvalue weighted by Crippen LogP contribution is 2.36. The van der Waals surface area contributed by atoms with E-state index < -0.39 is 11.8 Å². The zero-order valence-electron chi connectivity index (χ0n) is 17.4. The third-order valence-corrected chi connectivity index (χ3v) is 4.08. The summed E-state index contributed by atoms with van der Waals surface area (Å²) >= 11 is 6.23. The number of hydrogen-bond donors (Lipinski definition) is 2. The number of nitrogens with zero attached hydrogens (tertiary/aromatic N) is 1. The predicted octanol–water partition coefficient (Wildman–Crippen LogP) is 2.77. The van der Waals surface area contributed by atoms with E-state index in [1.54, 1.807) is 37.3 Å². The Hall–Kier alpha value is -3.46. The maximum absolute atomic E-state index is 12.4. The van der Waals surface area contributed by atoms with E-state index in [0.717, 1.165) is 0 Å². The first-order chi connectivity index (χ1) is 14.9. The van der Waals surface area contributed by atoms with Crippen molar-refractivity contribution in [2.45, 2.75) is 13.8 Å². The Morgan fingerprint density at radius 3 is 2.42 bits per heavy atom. The summed E-state index contributed by atoms with van der Waals surface area (Å²) < 4.78 is 21.5. The third-order valence-electron chi connectivity index (χ3n) is 3.80. The third kappa shape index (κ3) is 6.78. The van der Waals surface area contributed by atoms with Gasteiger partial charge in [-0.05, 0) is 49.7 Å². The maximum Gasteiger partial charge on any atom is 0.271 e. The van der Waals surface area contributed by atoms with E-state index in [4.69, 9.17) is 36.3 Å². The van der Waals surface area contributed by atoms with Gasteiger partial charge in [0.1, 0.15) is 0 Å². The van der Waals surface area contributed by atoms with E-state index >= 15 is 0 Å². The lowest BCUT2D eigenvalue weighted by atomic mass is 10.2. The van der Waals surface area contributed by atoms with Crippen molar-refractivity contribution in [2.24, 2.45) is 10.8 Å². The van der Waals surface area contributed by atoms with Gasteiger partial charge in [0.2, 0.25) is 0 Å². The molecule has 166 valence electrons. The van der Waals surface area contributed by atoms with Gasteiger partial charge in [-0.3, -0.25) is 9.59 Å². The standard InChI is InChI=1S/C21H24ClN3O6/c1-4-29-16-7-6-14(10-17(16)28-3)21(27)25-24-11-13-8-15(22)20(31-12-19(23)26)18(9-13)30-5-2/h6-11H,4-5,12H2,1-3H3,(H2,23,26)(H,25,27)/b24-11+. The highest BCUT2D eigenvalue weighted by molar-refractivity contribution is 6.32. The molecule has 0 saturated carbocycles. The lowest BCUT2D eigenvalue weighted by Crippen LogP contribution is -2.20. The van der Waals surface area contributed by atoms with Crippen molar-refractivity contribution >= 4 is 29.6 Å². The van der Waals surface area contributed by atoms with E-state index in [9.17, 15) is 9.59 Å². The number of halogens is 1. The molecule has 0 fully saturated rings. The summed E-state index contributed by atoms with van der Waals surface area (Å²) in [5, 5.41) is 4.16. The molecule has 0 aliphatic heterocycles. The second kappa shape index (κ2) is 11.7. The monoisotopic (exact) mass is 449 g/mol. The molecule has 0 radical (unpaired) electrons. The number of benzene rings is 2. The molecule has 0 atom stereocenters. The molecule has 2 aromatic carbocycles.